The maximum absolute atomic E-state index is 5.59. The van der Waals surface area contributed by atoms with Gasteiger partial charge in [-0.05, 0) is 37.9 Å². The van der Waals surface area contributed by atoms with E-state index in [-0.39, 0.29) is 0 Å². The average Bonchev–Trinajstić information content (AvgIpc) is 3.29. The van der Waals surface area contributed by atoms with Crippen molar-refractivity contribution in [2.24, 2.45) is 0 Å². The Hall–Kier alpha value is -2.08. The summed E-state index contributed by atoms with van der Waals surface area (Å²) in [5, 5.41) is 8.83. The summed E-state index contributed by atoms with van der Waals surface area (Å²) in [6.07, 6.45) is 4.64. The Morgan fingerprint density at radius 2 is 1.88 bits per heavy atom. The lowest BCUT2D eigenvalue weighted by Crippen LogP contribution is -2.23. The van der Waals surface area contributed by atoms with E-state index >= 15 is 0 Å². The molecule has 0 saturated carbocycles. The van der Waals surface area contributed by atoms with Crippen LogP contribution in [0.4, 0.5) is 0 Å². The Labute approximate surface area is 148 Å². The van der Waals surface area contributed by atoms with Crippen molar-refractivity contribution < 1.29 is 9.47 Å². The van der Waals surface area contributed by atoms with Crippen molar-refractivity contribution in [2.45, 2.75) is 44.7 Å². The van der Waals surface area contributed by atoms with E-state index in [4.69, 9.17) is 9.47 Å². The fraction of sp³-hybridized carbons (Fsp3) is 0.579. The average molecular weight is 342 g/mol. The van der Waals surface area contributed by atoms with Gasteiger partial charge in [0.05, 0.1) is 20.8 Å². The summed E-state index contributed by atoms with van der Waals surface area (Å²) < 4.78 is 13.5. The zero-order chi connectivity index (χ0) is 17.2. The van der Waals surface area contributed by atoms with Crippen molar-refractivity contribution in [1.82, 2.24) is 19.7 Å². The third kappa shape index (κ3) is 3.11. The van der Waals surface area contributed by atoms with E-state index in [1.165, 1.54) is 18.4 Å². The molecule has 6 heteroatoms. The number of benzene rings is 1. The van der Waals surface area contributed by atoms with Gasteiger partial charge in [0.15, 0.2) is 0 Å². The fourth-order valence-corrected chi connectivity index (χ4v) is 4.18. The van der Waals surface area contributed by atoms with Crippen molar-refractivity contribution in [2.75, 3.05) is 27.3 Å². The van der Waals surface area contributed by atoms with Crippen LogP contribution in [0.25, 0.3) is 0 Å². The molecule has 0 spiro atoms. The summed E-state index contributed by atoms with van der Waals surface area (Å²) in [6.45, 7) is 4.00. The van der Waals surface area contributed by atoms with Crippen LogP contribution in [-0.2, 0) is 19.5 Å². The Balaban J connectivity index is 1.50. The highest BCUT2D eigenvalue weighted by Gasteiger charge is 2.30. The van der Waals surface area contributed by atoms with Gasteiger partial charge in [0.1, 0.15) is 23.1 Å². The van der Waals surface area contributed by atoms with Crippen LogP contribution < -0.4 is 9.47 Å². The molecule has 2 aromatic rings. The van der Waals surface area contributed by atoms with E-state index in [0.29, 0.717) is 5.92 Å². The molecule has 134 valence electrons. The molecule has 6 nitrogen and oxygen atoms in total. The third-order valence-corrected chi connectivity index (χ3v) is 5.45. The number of rotatable bonds is 5. The summed E-state index contributed by atoms with van der Waals surface area (Å²) in [6, 6.07) is 6.03. The normalized spacial score (nSPS) is 20.5. The second kappa shape index (κ2) is 7.04. The number of fused-ring (bicyclic) bond motifs is 1. The largest absolute Gasteiger partial charge is 0.496 e. The van der Waals surface area contributed by atoms with Crippen molar-refractivity contribution in [1.29, 1.82) is 0 Å². The molecule has 2 aliphatic heterocycles. The number of hydrogen-bond donors (Lipinski definition) is 0. The molecule has 4 rings (SSSR count). The van der Waals surface area contributed by atoms with E-state index in [1.54, 1.807) is 14.2 Å². The molecule has 2 aliphatic rings. The van der Waals surface area contributed by atoms with Gasteiger partial charge in [0, 0.05) is 31.0 Å². The van der Waals surface area contributed by atoms with E-state index in [2.05, 4.69) is 19.7 Å². The molecular weight excluding hydrogens is 316 g/mol. The van der Waals surface area contributed by atoms with Crippen molar-refractivity contribution >= 4 is 0 Å². The Morgan fingerprint density at radius 1 is 1.08 bits per heavy atom. The molecule has 1 unspecified atom stereocenters. The number of aryl methyl sites for hydroxylation is 1. The van der Waals surface area contributed by atoms with Gasteiger partial charge in [0.2, 0.25) is 0 Å². The molecule has 0 N–H and O–H groups in total. The summed E-state index contributed by atoms with van der Waals surface area (Å²) >= 11 is 0. The lowest BCUT2D eigenvalue weighted by atomic mass is 9.96. The Kier molecular flexibility index (Phi) is 4.61. The highest BCUT2D eigenvalue weighted by Crippen LogP contribution is 2.40. The van der Waals surface area contributed by atoms with Gasteiger partial charge in [0.25, 0.3) is 0 Å². The monoisotopic (exact) mass is 342 g/mol. The van der Waals surface area contributed by atoms with Gasteiger partial charge in [-0.15, -0.1) is 10.2 Å². The standard InChI is InChI=1S/C19H26N4O2/c1-24-15-6-5-7-16(25-2)19(15)14-9-11-22(12-14)13-18-21-20-17-8-3-4-10-23(17)18/h5-7,14H,3-4,8-13H2,1-2H3. The molecule has 1 aromatic heterocycles. The maximum Gasteiger partial charge on any atom is 0.147 e. The Bertz CT molecular complexity index is 721. The molecule has 1 fully saturated rings. The van der Waals surface area contributed by atoms with E-state index in [0.717, 1.165) is 62.2 Å². The molecule has 0 aliphatic carbocycles. The molecule has 1 atom stereocenters. The minimum absolute atomic E-state index is 0.426. The van der Waals surface area contributed by atoms with Crippen LogP contribution in [0.3, 0.4) is 0 Å². The van der Waals surface area contributed by atoms with Crippen LogP contribution in [0.5, 0.6) is 11.5 Å². The summed E-state index contributed by atoms with van der Waals surface area (Å²) in [5.74, 6) is 4.54. The summed E-state index contributed by atoms with van der Waals surface area (Å²) in [4.78, 5) is 2.47. The molecule has 25 heavy (non-hydrogen) atoms. The SMILES string of the molecule is COc1cccc(OC)c1C1CCN(Cc2nnc3n2CCCC3)C1. The number of ether oxygens (including phenoxy) is 2. The van der Waals surface area contributed by atoms with Crippen LogP contribution in [0.15, 0.2) is 18.2 Å². The third-order valence-electron chi connectivity index (χ3n) is 5.45. The lowest BCUT2D eigenvalue weighted by Gasteiger charge is -2.20. The van der Waals surface area contributed by atoms with Gasteiger partial charge in [-0.25, -0.2) is 0 Å². The van der Waals surface area contributed by atoms with Crippen molar-refractivity contribution in [3.05, 3.63) is 35.4 Å². The number of methoxy groups -OCH3 is 2. The zero-order valence-electron chi connectivity index (χ0n) is 15.1. The van der Waals surface area contributed by atoms with Crippen molar-refractivity contribution in [3.8, 4) is 11.5 Å². The van der Waals surface area contributed by atoms with Crippen molar-refractivity contribution in [3.63, 3.8) is 0 Å². The van der Waals surface area contributed by atoms with Crippen LogP contribution in [-0.4, -0.2) is 47.0 Å². The fourth-order valence-electron chi connectivity index (χ4n) is 4.18. The first-order chi connectivity index (χ1) is 12.3. The molecule has 1 aromatic carbocycles. The van der Waals surface area contributed by atoms with Gasteiger partial charge < -0.3 is 14.0 Å². The molecule has 0 amide bonds. The van der Waals surface area contributed by atoms with Crippen LogP contribution >= 0.6 is 0 Å². The Morgan fingerprint density at radius 3 is 2.64 bits per heavy atom. The number of aromatic nitrogens is 3. The van der Waals surface area contributed by atoms with E-state index in [1.807, 2.05) is 18.2 Å². The molecule has 0 bridgehead atoms. The highest BCUT2D eigenvalue weighted by atomic mass is 16.5. The first kappa shape index (κ1) is 16.4. The molecule has 0 radical (unpaired) electrons. The minimum Gasteiger partial charge on any atom is -0.496 e. The quantitative estimate of drug-likeness (QED) is 0.836. The van der Waals surface area contributed by atoms with E-state index in [9.17, 15) is 0 Å². The number of hydrogen-bond acceptors (Lipinski definition) is 5. The van der Waals surface area contributed by atoms with Crippen LogP contribution in [0.1, 0.15) is 42.4 Å². The van der Waals surface area contributed by atoms with E-state index < -0.39 is 0 Å². The highest BCUT2D eigenvalue weighted by molar-refractivity contribution is 5.47. The molecule has 1 saturated heterocycles. The topological polar surface area (TPSA) is 52.4 Å². The maximum atomic E-state index is 5.59. The predicted octanol–water partition coefficient (Wildman–Crippen LogP) is 2.62. The summed E-state index contributed by atoms with van der Waals surface area (Å²) in [5.41, 5.74) is 1.19. The smallest absolute Gasteiger partial charge is 0.147 e. The van der Waals surface area contributed by atoms with Gasteiger partial charge >= 0.3 is 0 Å². The second-order valence-corrected chi connectivity index (χ2v) is 6.94. The van der Waals surface area contributed by atoms with Gasteiger partial charge in [-0.3, -0.25) is 4.90 Å². The lowest BCUT2D eigenvalue weighted by molar-refractivity contribution is 0.306. The van der Waals surface area contributed by atoms with Crippen LogP contribution in [0.2, 0.25) is 0 Å². The minimum atomic E-state index is 0.426. The number of nitrogens with zero attached hydrogens (tertiary/aromatic N) is 4. The zero-order valence-corrected chi connectivity index (χ0v) is 15.1. The van der Waals surface area contributed by atoms with Gasteiger partial charge in [-0.1, -0.05) is 6.07 Å². The van der Waals surface area contributed by atoms with Gasteiger partial charge in [-0.2, -0.15) is 0 Å². The second-order valence-electron chi connectivity index (χ2n) is 6.94. The predicted molar refractivity (Wildman–Crippen MR) is 95.1 cm³/mol. The summed E-state index contributed by atoms with van der Waals surface area (Å²) in [7, 11) is 3.46. The first-order valence-electron chi connectivity index (χ1n) is 9.14. The first-order valence-corrected chi connectivity index (χ1v) is 9.14. The molecular formula is C19H26N4O2. The number of likely N-dealkylation sites (tertiary alicyclic amines) is 1. The molecule has 3 heterocycles. The van der Waals surface area contributed by atoms with Crippen LogP contribution in [0, 0.1) is 0 Å².